The quantitative estimate of drug-likeness (QED) is 0.734. The molecule has 0 amide bonds. The highest BCUT2D eigenvalue weighted by Gasteiger charge is 2.27. The molecular formula is C17H31N3O. The van der Waals surface area contributed by atoms with E-state index in [1.54, 1.807) is 0 Å². The van der Waals surface area contributed by atoms with Crippen LogP contribution in [0, 0.1) is 11.8 Å². The minimum Gasteiger partial charge on any atom is -0.339 e. The predicted molar refractivity (Wildman–Crippen MR) is 85.1 cm³/mol. The molecule has 4 nitrogen and oxygen atoms in total. The van der Waals surface area contributed by atoms with Crippen LogP contribution in [-0.2, 0) is 6.42 Å². The average molecular weight is 293 g/mol. The highest BCUT2D eigenvalue weighted by Crippen LogP contribution is 2.37. The lowest BCUT2D eigenvalue weighted by Crippen LogP contribution is -2.18. The molecule has 1 aliphatic rings. The normalized spacial score (nSPS) is 22.9. The van der Waals surface area contributed by atoms with E-state index in [4.69, 9.17) is 10.3 Å². The lowest BCUT2D eigenvalue weighted by molar-refractivity contribution is 0.251. The molecule has 120 valence electrons. The Morgan fingerprint density at radius 2 is 1.81 bits per heavy atom. The monoisotopic (exact) mass is 293 g/mol. The Morgan fingerprint density at radius 3 is 2.48 bits per heavy atom. The van der Waals surface area contributed by atoms with Crippen molar-refractivity contribution >= 4 is 0 Å². The summed E-state index contributed by atoms with van der Waals surface area (Å²) >= 11 is 0. The number of rotatable bonds is 8. The van der Waals surface area contributed by atoms with E-state index in [9.17, 15) is 0 Å². The van der Waals surface area contributed by atoms with Crippen molar-refractivity contribution in [3.63, 3.8) is 0 Å². The van der Waals surface area contributed by atoms with Crippen molar-refractivity contribution in [2.45, 2.75) is 77.6 Å². The molecule has 2 rings (SSSR count). The molecule has 0 radical (unpaired) electrons. The summed E-state index contributed by atoms with van der Waals surface area (Å²) in [6.07, 6.45) is 10.6. The maximum absolute atomic E-state index is 5.50. The first-order valence-electron chi connectivity index (χ1n) is 8.73. The highest BCUT2D eigenvalue weighted by molar-refractivity contribution is 4.98. The molecule has 1 heterocycles. The molecular weight excluding hydrogens is 262 g/mol. The molecule has 0 aliphatic heterocycles. The van der Waals surface area contributed by atoms with Gasteiger partial charge in [-0.15, -0.1) is 0 Å². The van der Waals surface area contributed by atoms with Gasteiger partial charge in [0.2, 0.25) is 5.89 Å². The Bertz CT molecular complexity index is 394. The molecule has 4 heteroatoms. The Morgan fingerprint density at radius 1 is 1.10 bits per heavy atom. The molecule has 1 aromatic rings. The number of aromatic nitrogens is 2. The van der Waals surface area contributed by atoms with Crippen molar-refractivity contribution in [1.82, 2.24) is 10.1 Å². The predicted octanol–water partition coefficient (Wildman–Crippen LogP) is 4.06. The molecule has 1 aliphatic carbocycles. The second kappa shape index (κ2) is 8.52. The SMILES string of the molecule is CC(C)C1CCC(c2noc(CCCCCCN)n2)CC1. The Labute approximate surface area is 128 Å². The molecule has 21 heavy (non-hydrogen) atoms. The number of aryl methyl sites for hydroxylation is 1. The number of nitrogens with zero attached hydrogens (tertiary/aromatic N) is 2. The van der Waals surface area contributed by atoms with Crippen LogP contribution in [0.5, 0.6) is 0 Å². The van der Waals surface area contributed by atoms with Crippen LogP contribution in [0.1, 0.15) is 82.8 Å². The van der Waals surface area contributed by atoms with Gasteiger partial charge >= 0.3 is 0 Å². The zero-order valence-corrected chi connectivity index (χ0v) is 13.7. The van der Waals surface area contributed by atoms with E-state index < -0.39 is 0 Å². The summed E-state index contributed by atoms with van der Waals surface area (Å²) in [6, 6.07) is 0. The van der Waals surface area contributed by atoms with Crippen molar-refractivity contribution in [2.75, 3.05) is 6.54 Å². The maximum Gasteiger partial charge on any atom is 0.226 e. The van der Waals surface area contributed by atoms with Crippen LogP contribution in [0.4, 0.5) is 0 Å². The van der Waals surface area contributed by atoms with E-state index in [-0.39, 0.29) is 0 Å². The largest absolute Gasteiger partial charge is 0.339 e. The van der Waals surface area contributed by atoms with Crippen LogP contribution in [0.25, 0.3) is 0 Å². The minimum atomic E-state index is 0.523. The summed E-state index contributed by atoms with van der Waals surface area (Å²) in [5.41, 5.74) is 5.50. The Balaban J connectivity index is 1.73. The summed E-state index contributed by atoms with van der Waals surface area (Å²) in [5.74, 6) is 3.99. The highest BCUT2D eigenvalue weighted by atomic mass is 16.5. The number of unbranched alkanes of at least 4 members (excludes halogenated alkanes) is 3. The fraction of sp³-hybridized carbons (Fsp3) is 0.882. The fourth-order valence-corrected chi connectivity index (χ4v) is 3.35. The minimum absolute atomic E-state index is 0.523. The molecule has 0 saturated heterocycles. The summed E-state index contributed by atoms with van der Waals surface area (Å²) < 4.78 is 5.41. The fourth-order valence-electron chi connectivity index (χ4n) is 3.35. The van der Waals surface area contributed by atoms with Gasteiger partial charge in [-0.1, -0.05) is 31.8 Å². The number of hydrogen-bond acceptors (Lipinski definition) is 4. The molecule has 1 saturated carbocycles. The Hall–Kier alpha value is -0.900. The van der Waals surface area contributed by atoms with E-state index in [0.29, 0.717) is 5.92 Å². The lowest BCUT2D eigenvalue weighted by atomic mass is 9.77. The second-order valence-electron chi connectivity index (χ2n) is 6.85. The zero-order valence-electron chi connectivity index (χ0n) is 13.7. The van der Waals surface area contributed by atoms with Crippen molar-refractivity contribution in [1.29, 1.82) is 0 Å². The van der Waals surface area contributed by atoms with Gasteiger partial charge in [-0.25, -0.2) is 0 Å². The van der Waals surface area contributed by atoms with E-state index in [2.05, 4.69) is 24.0 Å². The van der Waals surface area contributed by atoms with Crippen molar-refractivity contribution < 1.29 is 4.52 Å². The van der Waals surface area contributed by atoms with E-state index >= 15 is 0 Å². The third kappa shape index (κ3) is 5.10. The van der Waals surface area contributed by atoms with Gasteiger partial charge in [0.25, 0.3) is 0 Å². The number of hydrogen-bond donors (Lipinski definition) is 1. The third-order valence-corrected chi connectivity index (χ3v) is 4.91. The first kappa shape index (κ1) is 16.5. The zero-order chi connectivity index (χ0) is 15.1. The van der Waals surface area contributed by atoms with E-state index in [0.717, 1.165) is 49.4 Å². The first-order valence-corrected chi connectivity index (χ1v) is 8.73. The van der Waals surface area contributed by atoms with Gasteiger partial charge in [0, 0.05) is 12.3 Å². The van der Waals surface area contributed by atoms with Crippen LogP contribution in [0.2, 0.25) is 0 Å². The lowest BCUT2D eigenvalue weighted by Gasteiger charge is -2.29. The van der Waals surface area contributed by atoms with Crippen LogP contribution in [-0.4, -0.2) is 16.7 Å². The summed E-state index contributed by atoms with van der Waals surface area (Å²) in [6.45, 7) is 5.47. The topological polar surface area (TPSA) is 64.9 Å². The molecule has 0 unspecified atom stereocenters. The van der Waals surface area contributed by atoms with Crippen LogP contribution < -0.4 is 5.73 Å². The molecule has 0 spiro atoms. The molecule has 0 atom stereocenters. The number of nitrogens with two attached hydrogens (primary N) is 1. The maximum atomic E-state index is 5.50. The third-order valence-electron chi connectivity index (χ3n) is 4.91. The van der Waals surface area contributed by atoms with Gasteiger partial charge in [0.15, 0.2) is 5.82 Å². The first-order chi connectivity index (χ1) is 10.2. The van der Waals surface area contributed by atoms with Gasteiger partial charge in [0.05, 0.1) is 0 Å². The van der Waals surface area contributed by atoms with Gasteiger partial charge in [-0.3, -0.25) is 0 Å². The smallest absolute Gasteiger partial charge is 0.226 e. The molecule has 1 aromatic heterocycles. The molecule has 0 bridgehead atoms. The Kier molecular flexibility index (Phi) is 6.68. The average Bonchev–Trinajstić information content (AvgIpc) is 2.96. The van der Waals surface area contributed by atoms with Gasteiger partial charge in [-0.05, 0) is 56.9 Å². The van der Waals surface area contributed by atoms with Crippen LogP contribution in [0.3, 0.4) is 0 Å². The standard InChI is InChI=1S/C17H31N3O/c1-13(2)14-8-10-15(11-9-14)17-19-16(21-20-17)7-5-3-4-6-12-18/h13-15H,3-12,18H2,1-2H3. The summed E-state index contributed by atoms with van der Waals surface area (Å²) in [7, 11) is 0. The van der Waals surface area contributed by atoms with Crippen molar-refractivity contribution in [3.05, 3.63) is 11.7 Å². The summed E-state index contributed by atoms with van der Waals surface area (Å²) in [5, 5.41) is 4.22. The summed E-state index contributed by atoms with van der Waals surface area (Å²) in [4.78, 5) is 4.62. The second-order valence-corrected chi connectivity index (χ2v) is 6.85. The van der Waals surface area contributed by atoms with Gasteiger partial charge < -0.3 is 10.3 Å². The van der Waals surface area contributed by atoms with E-state index in [1.807, 2.05) is 0 Å². The molecule has 2 N–H and O–H groups in total. The van der Waals surface area contributed by atoms with Crippen molar-refractivity contribution in [2.24, 2.45) is 17.6 Å². The van der Waals surface area contributed by atoms with E-state index in [1.165, 1.54) is 38.5 Å². The molecule has 1 fully saturated rings. The van der Waals surface area contributed by atoms with Gasteiger partial charge in [-0.2, -0.15) is 4.98 Å². The van der Waals surface area contributed by atoms with Gasteiger partial charge in [0.1, 0.15) is 0 Å². The van der Waals surface area contributed by atoms with Crippen LogP contribution >= 0.6 is 0 Å². The molecule has 0 aromatic carbocycles. The van der Waals surface area contributed by atoms with Crippen LogP contribution in [0.15, 0.2) is 4.52 Å². The van der Waals surface area contributed by atoms with Crippen molar-refractivity contribution in [3.8, 4) is 0 Å².